The molecule has 1 saturated heterocycles. The summed E-state index contributed by atoms with van der Waals surface area (Å²) in [6.45, 7) is 1.04. The maximum Gasteiger partial charge on any atom is 0.434 e. The van der Waals surface area contributed by atoms with Crippen molar-refractivity contribution >= 4 is 12.0 Å². The average molecular weight is 362 g/mol. The molecule has 2 heterocycles. The molecule has 1 unspecified atom stereocenters. The van der Waals surface area contributed by atoms with E-state index in [2.05, 4.69) is 10.3 Å². The van der Waals surface area contributed by atoms with Gasteiger partial charge in [0.2, 0.25) is 0 Å². The molecule has 1 aliphatic rings. The van der Waals surface area contributed by atoms with Crippen LogP contribution in [0.5, 0.6) is 0 Å². The van der Waals surface area contributed by atoms with E-state index < -0.39 is 17.8 Å². The number of carboxylic acids is 1. The predicted molar refractivity (Wildman–Crippen MR) is 82.0 cm³/mol. The lowest BCUT2D eigenvalue weighted by atomic mass is 9.97. The summed E-state index contributed by atoms with van der Waals surface area (Å²) in [5, 5.41) is 11.2. The highest BCUT2D eigenvalue weighted by Gasteiger charge is 2.36. The lowest BCUT2D eigenvalue weighted by Crippen LogP contribution is -2.45. The van der Waals surface area contributed by atoms with E-state index in [1.165, 1.54) is 16.5 Å². The second-order valence-electron chi connectivity index (χ2n) is 6.11. The Labute approximate surface area is 142 Å². The van der Waals surface area contributed by atoms with E-state index in [0.717, 1.165) is 6.20 Å². The van der Waals surface area contributed by atoms with Crippen LogP contribution in [0.15, 0.2) is 6.20 Å². The number of amides is 2. The van der Waals surface area contributed by atoms with Gasteiger partial charge in [-0.05, 0) is 19.3 Å². The van der Waals surface area contributed by atoms with Gasteiger partial charge in [0.1, 0.15) is 5.82 Å². The van der Waals surface area contributed by atoms with Crippen LogP contribution in [-0.2, 0) is 18.0 Å². The van der Waals surface area contributed by atoms with Crippen molar-refractivity contribution in [2.24, 2.45) is 7.05 Å². The fourth-order valence-electron chi connectivity index (χ4n) is 2.92. The van der Waals surface area contributed by atoms with Gasteiger partial charge in [-0.25, -0.2) is 9.78 Å². The molecule has 0 aromatic carbocycles. The number of imidazole rings is 1. The number of urea groups is 1. The van der Waals surface area contributed by atoms with Gasteiger partial charge in [-0.3, -0.25) is 4.79 Å². The molecule has 1 aromatic heterocycles. The van der Waals surface area contributed by atoms with E-state index >= 15 is 0 Å². The van der Waals surface area contributed by atoms with Gasteiger partial charge in [0.05, 0.1) is 0 Å². The van der Waals surface area contributed by atoms with E-state index in [1.54, 1.807) is 0 Å². The van der Waals surface area contributed by atoms with Crippen molar-refractivity contribution in [2.75, 3.05) is 19.6 Å². The molecular formula is C15H21F3N4O3. The SMILES string of the molecule is Cn1cc(C(F)(F)F)nc1C1CCCN(C(=O)NCCCC(=O)O)C1. The first-order valence-electron chi connectivity index (χ1n) is 8.03. The largest absolute Gasteiger partial charge is 0.481 e. The van der Waals surface area contributed by atoms with E-state index in [9.17, 15) is 22.8 Å². The van der Waals surface area contributed by atoms with Crippen LogP contribution in [-0.4, -0.2) is 51.2 Å². The molecule has 1 aliphatic heterocycles. The summed E-state index contributed by atoms with van der Waals surface area (Å²) in [5.74, 6) is -0.877. The standard InChI is InChI=1S/C15H21F3N4O3/c1-21-9-11(15(16,17)18)20-13(21)10-4-3-7-22(8-10)14(25)19-6-2-5-12(23)24/h9-10H,2-8H2,1H3,(H,19,25)(H,23,24). The number of hydrogen-bond acceptors (Lipinski definition) is 3. The zero-order valence-electron chi connectivity index (χ0n) is 13.8. The minimum atomic E-state index is -4.49. The van der Waals surface area contributed by atoms with Gasteiger partial charge >= 0.3 is 18.2 Å². The second-order valence-corrected chi connectivity index (χ2v) is 6.11. The Morgan fingerprint density at radius 3 is 2.76 bits per heavy atom. The van der Waals surface area contributed by atoms with Crippen molar-refractivity contribution in [2.45, 2.75) is 37.8 Å². The van der Waals surface area contributed by atoms with Crippen LogP contribution in [0, 0.1) is 0 Å². The normalized spacial score (nSPS) is 18.2. The van der Waals surface area contributed by atoms with Crippen molar-refractivity contribution in [3.05, 3.63) is 17.7 Å². The first-order valence-corrected chi connectivity index (χ1v) is 8.03. The number of piperidine rings is 1. The van der Waals surface area contributed by atoms with Gasteiger partial charge in [-0.1, -0.05) is 0 Å². The van der Waals surface area contributed by atoms with E-state index in [4.69, 9.17) is 5.11 Å². The third-order valence-corrected chi connectivity index (χ3v) is 4.12. The number of aromatic nitrogens is 2. The van der Waals surface area contributed by atoms with Gasteiger partial charge in [-0.15, -0.1) is 0 Å². The topological polar surface area (TPSA) is 87.5 Å². The summed E-state index contributed by atoms with van der Waals surface area (Å²) < 4.78 is 39.7. The molecule has 140 valence electrons. The van der Waals surface area contributed by atoms with Gasteiger partial charge in [0.25, 0.3) is 0 Å². The molecule has 1 aromatic rings. The maximum absolute atomic E-state index is 12.8. The highest BCUT2D eigenvalue weighted by atomic mass is 19.4. The van der Waals surface area contributed by atoms with Crippen LogP contribution in [0.1, 0.15) is 43.1 Å². The molecule has 7 nitrogen and oxygen atoms in total. The quantitative estimate of drug-likeness (QED) is 0.786. The van der Waals surface area contributed by atoms with Gasteiger partial charge in [-0.2, -0.15) is 13.2 Å². The van der Waals surface area contributed by atoms with Crippen LogP contribution in [0.2, 0.25) is 0 Å². The van der Waals surface area contributed by atoms with Crippen LogP contribution < -0.4 is 5.32 Å². The molecule has 10 heteroatoms. The third-order valence-electron chi connectivity index (χ3n) is 4.12. The number of likely N-dealkylation sites (tertiary alicyclic amines) is 1. The number of nitrogens with one attached hydrogen (secondary N) is 1. The first kappa shape index (κ1) is 19.1. The highest BCUT2D eigenvalue weighted by Crippen LogP contribution is 2.32. The second kappa shape index (κ2) is 7.75. The van der Waals surface area contributed by atoms with Gasteiger partial charge < -0.3 is 19.9 Å². The minimum Gasteiger partial charge on any atom is -0.481 e. The average Bonchev–Trinajstić information content (AvgIpc) is 2.93. The molecule has 2 N–H and O–H groups in total. The molecule has 25 heavy (non-hydrogen) atoms. The van der Waals surface area contributed by atoms with Crippen LogP contribution in [0.4, 0.5) is 18.0 Å². The van der Waals surface area contributed by atoms with E-state index in [-0.39, 0.29) is 31.5 Å². The Morgan fingerprint density at radius 1 is 1.44 bits per heavy atom. The Kier molecular flexibility index (Phi) is 5.91. The lowest BCUT2D eigenvalue weighted by Gasteiger charge is -2.32. The summed E-state index contributed by atoms with van der Waals surface area (Å²) in [4.78, 5) is 27.8. The van der Waals surface area contributed by atoms with Gasteiger partial charge in [0.15, 0.2) is 5.69 Å². The lowest BCUT2D eigenvalue weighted by molar-refractivity contribution is -0.141. The Morgan fingerprint density at radius 2 is 2.16 bits per heavy atom. The number of nitrogens with zero attached hydrogens (tertiary/aromatic N) is 3. The van der Waals surface area contributed by atoms with Crippen LogP contribution >= 0.6 is 0 Å². The molecule has 0 spiro atoms. The van der Waals surface area contributed by atoms with Crippen LogP contribution in [0.25, 0.3) is 0 Å². The molecule has 2 amide bonds. The van der Waals surface area contributed by atoms with Crippen molar-refractivity contribution in [3.63, 3.8) is 0 Å². The molecule has 0 bridgehead atoms. The number of aliphatic carboxylic acids is 1. The molecule has 0 aliphatic carbocycles. The zero-order chi connectivity index (χ0) is 18.6. The predicted octanol–water partition coefficient (Wildman–Crippen LogP) is 2.19. The summed E-state index contributed by atoms with van der Waals surface area (Å²) in [6, 6.07) is -0.333. The molecule has 0 saturated carbocycles. The minimum absolute atomic E-state index is 0.0314. The summed E-state index contributed by atoms with van der Waals surface area (Å²) in [6.07, 6.45) is -1.92. The number of carbonyl (C=O) groups excluding carboxylic acids is 1. The van der Waals surface area contributed by atoms with Crippen molar-refractivity contribution in [3.8, 4) is 0 Å². The van der Waals surface area contributed by atoms with Gasteiger partial charge in [0, 0.05) is 45.2 Å². The van der Waals surface area contributed by atoms with Crippen molar-refractivity contribution < 1.29 is 27.9 Å². The molecule has 1 fully saturated rings. The summed E-state index contributed by atoms with van der Waals surface area (Å²) >= 11 is 0. The number of halogens is 3. The molecule has 0 radical (unpaired) electrons. The van der Waals surface area contributed by atoms with Crippen molar-refractivity contribution in [1.29, 1.82) is 0 Å². The summed E-state index contributed by atoms with van der Waals surface area (Å²) in [7, 11) is 1.52. The monoisotopic (exact) mass is 362 g/mol. The number of aryl methyl sites for hydroxylation is 1. The zero-order valence-corrected chi connectivity index (χ0v) is 13.8. The highest BCUT2D eigenvalue weighted by molar-refractivity contribution is 5.74. The van der Waals surface area contributed by atoms with Crippen LogP contribution in [0.3, 0.4) is 0 Å². The Bertz CT molecular complexity index is 630. The third kappa shape index (κ3) is 5.10. The first-order chi connectivity index (χ1) is 11.7. The fourth-order valence-corrected chi connectivity index (χ4v) is 2.92. The summed E-state index contributed by atoms with van der Waals surface area (Å²) in [5.41, 5.74) is -0.930. The number of rotatable bonds is 5. The van der Waals surface area contributed by atoms with E-state index in [1.807, 2.05) is 0 Å². The Hall–Kier alpha value is -2.26. The molecular weight excluding hydrogens is 341 g/mol. The number of carboxylic acid groups (broad SMARTS) is 1. The number of hydrogen-bond donors (Lipinski definition) is 2. The molecule has 2 rings (SSSR count). The Balaban J connectivity index is 1.95. The maximum atomic E-state index is 12.8. The smallest absolute Gasteiger partial charge is 0.434 e. The number of carbonyl (C=O) groups is 2. The van der Waals surface area contributed by atoms with E-state index in [0.29, 0.717) is 31.6 Å². The molecule has 1 atom stereocenters. The van der Waals surface area contributed by atoms with Crippen molar-refractivity contribution in [1.82, 2.24) is 19.8 Å². The fraction of sp³-hybridized carbons (Fsp3) is 0.667. The number of alkyl halides is 3.